The van der Waals surface area contributed by atoms with Crippen molar-refractivity contribution in [1.82, 2.24) is 5.32 Å². The Labute approximate surface area is 138 Å². The number of carbonyl (C=O) groups excluding carboxylic acids is 1. The summed E-state index contributed by atoms with van der Waals surface area (Å²) >= 11 is 0. The van der Waals surface area contributed by atoms with Gasteiger partial charge in [0.15, 0.2) is 11.5 Å². The highest BCUT2D eigenvalue weighted by molar-refractivity contribution is 5.67. The molecule has 1 atom stereocenters. The topological polar surface area (TPSA) is 82.8 Å². The highest BCUT2D eigenvalue weighted by atomic mass is 16.6. The van der Waals surface area contributed by atoms with E-state index in [0.29, 0.717) is 18.0 Å². The third-order valence-corrected chi connectivity index (χ3v) is 3.20. The summed E-state index contributed by atoms with van der Waals surface area (Å²) in [5, 5.41) is 2.73. The molecule has 23 heavy (non-hydrogen) atoms. The molecule has 1 unspecified atom stereocenters. The summed E-state index contributed by atoms with van der Waals surface area (Å²) < 4.78 is 15.7. The van der Waals surface area contributed by atoms with E-state index in [4.69, 9.17) is 19.9 Å². The Balaban J connectivity index is 2.42. The fourth-order valence-corrected chi connectivity index (χ4v) is 2.08. The van der Waals surface area contributed by atoms with Crippen molar-refractivity contribution in [3.05, 3.63) is 23.8 Å². The molecular formula is C17H28N2O4. The maximum Gasteiger partial charge on any atom is 0.407 e. The maximum atomic E-state index is 11.5. The molecule has 0 fully saturated rings. The van der Waals surface area contributed by atoms with Crippen LogP contribution in [0.15, 0.2) is 18.2 Å². The van der Waals surface area contributed by atoms with Gasteiger partial charge in [0.2, 0.25) is 0 Å². The summed E-state index contributed by atoms with van der Waals surface area (Å²) in [6, 6.07) is 5.51. The lowest BCUT2D eigenvalue weighted by molar-refractivity contribution is 0.0526. The van der Waals surface area contributed by atoms with Gasteiger partial charge in [0.05, 0.1) is 14.2 Å². The van der Waals surface area contributed by atoms with Gasteiger partial charge in [-0.05, 0) is 51.3 Å². The molecule has 0 bridgehead atoms. The number of rotatable bonds is 7. The molecule has 1 amide bonds. The Kier molecular flexibility index (Phi) is 7.16. The molecule has 0 radical (unpaired) electrons. The van der Waals surface area contributed by atoms with Crippen LogP contribution in [0.25, 0.3) is 0 Å². The zero-order valence-electron chi connectivity index (χ0n) is 14.6. The van der Waals surface area contributed by atoms with E-state index in [1.54, 1.807) is 14.2 Å². The average Bonchev–Trinajstić information content (AvgIpc) is 2.48. The van der Waals surface area contributed by atoms with Crippen molar-refractivity contribution in [2.45, 2.75) is 45.3 Å². The Morgan fingerprint density at radius 3 is 2.43 bits per heavy atom. The highest BCUT2D eigenvalue weighted by Crippen LogP contribution is 2.30. The Bertz CT molecular complexity index is 512. The largest absolute Gasteiger partial charge is 0.493 e. The van der Waals surface area contributed by atoms with E-state index in [1.165, 1.54) is 0 Å². The average molecular weight is 324 g/mol. The fraction of sp³-hybridized carbons (Fsp3) is 0.588. The van der Waals surface area contributed by atoms with Gasteiger partial charge >= 0.3 is 6.09 Å². The highest BCUT2D eigenvalue weighted by Gasteiger charge is 2.16. The van der Waals surface area contributed by atoms with E-state index >= 15 is 0 Å². The minimum Gasteiger partial charge on any atom is -0.493 e. The number of carbonyl (C=O) groups is 1. The first-order chi connectivity index (χ1) is 10.8. The fourth-order valence-electron chi connectivity index (χ4n) is 2.08. The lowest BCUT2D eigenvalue weighted by Gasteiger charge is -2.20. The SMILES string of the molecule is COc1ccc(C(N)CCCNC(=O)OC(C)(C)C)cc1OC. The standard InChI is InChI=1S/C17H28N2O4/c1-17(2,3)23-16(20)19-10-6-7-13(18)12-8-9-14(21-4)15(11-12)22-5/h8-9,11,13H,6-7,10,18H2,1-5H3,(H,19,20). The van der Waals surface area contributed by atoms with Crippen molar-refractivity contribution < 1.29 is 19.0 Å². The number of hydrogen-bond donors (Lipinski definition) is 2. The van der Waals surface area contributed by atoms with E-state index in [-0.39, 0.29) is 6.04 Å². The number of alkyl carbamates (subject to hydrolysis) is 1. The first-order valence-corrected chi connectivity index (χ1v) is 7.71. The first kappa shape index (κ1) is 19.1. The van der Waals surface area contributed by atoms with Crippen LogP contribution in [-0.4, -0.2) is 32.5 Å². The molecule has 1 aromatic rings. The van der Waals surface area contributed by atoms with E-state index in [9.17, 15) is 4.79 Å². The Hall–Kier alpha value is -1.95. The molecule has 0 aliphatic carbocycles. The monoisotopic (exact) mass is 324 g/mol. The Morgan fingerprint density at radius 2 is 1.87 bits per heavy atom. The molecule has 6 nitrogen and oxygen atoms in total. The number of nitrogens with two attached hydrogens (primary N) is 1. The minimum atomic E-state index is -0.486. The van der Waals surface area contributed by atoms with Crippen LogP contribution in [0.3, 0.4) is 0 Å². The van der Waals surface area contributed by atoms with Crippen LogP contribution < -0.4 is 20.5 Å². The van der Waals surface area contributed by atoms with Gasteiger partial charge in [0.25, 0.3) is 0 Å². The van der Waals surface area contributed by atoms with Crippen molar-refractivity contribution in [3.8, 4) is 11.5 Å². The van der Waals surface area contributed by atoms with Gasteiger partial charge in [-0.1, -0.05) is 6.07 Å². The summed E-state index contributed by atoms with van der Waals surface area (Å²) in [6.07, 6.45) is 1.09. The zero-order valence-corrected chi connectivity index (χ0v) is 14.6. The van der Waals surface area contributed by atoms with Gasteiger partial charge in [-0.15, -0.1) is 0 Å². The summed E-state index contributed by atoms with van der Waals surface area (Å²) in [5.74, 6) is 1.34. The van der Waals surface area contributed by atoms with Crippen LogP contribution in [0, 0.1) is 0 Å². The third kappa shape index (κ3) is 6.78. The van der Waals surface area contributed by atoms with Crippen LogP contribution in [0.5, 0.6) is 11.5 Å². The van der Waals surface area contributed by atoms with Crippen molar-refractivity contribution in [2.75, 3.05) is 20.8 Å². The van der Waals surface area contributed by atoms with E-state index in [0.717, 1.165) is 18.4 Å². The second-order valence-electron chi connectivity index (χ2n) is 6.29. The molecule has 130 valence electrons. The van der Waals surface area contributed by atoms with Gasteiger partial charge in [0.1, 0.15) is 5.60 Å². The molecule has 0 aromatic heterocycles. The molecule has 6 heteroatoms. The van der Waals surface area contributed by atoms with Crippen LogP contribution in [-0.2, 0) is 4.74 Å². The molecule has 1 rings (SSSR count). The number of methoxy groups -OCH3 is 2. The second kappa shape index (κ2) is 8.62. The number of amides is 1. The number of benzene rings is 1. The Morgan fingerprint density at radius 1 is 1.22 bits per heavy atom. The normalized spacial score (nSPS) is 12.4. The molecule has 0 aliphatic rings. The lowest BCUT2D eigenvalue weighted by atomic mass is 10.0. The molecule has 0 heterocycles. The minimum absolute atomic E-state index is 0.129. The molecule has 0 spiro atoms. The number of ether oxygens (including phenoxy) is 3. The zero-order chi connectivity index (χ0) is 17.5. The van der Waals surface area contributed by atoms with Crippen molar-refractivity contribution >= 4 is 6.09 Å². The quantitative estimate of drug-likeness (QED) is 0.753. The number of hydrogen-bond acceptors (Lipinski definition) is 5. The molecule has 0 saturated heterocycles. The van der Waals surface area contributed by atoms with E-state index in [1.807, 2.05) is 39.0 Å². The predicted octanol–water partition coefficient (Wildman–Crippen LogP) is 3.01. The van der Waals surface area contributed by atoms with Gasteiger partial charge in [-0.2, -0.15) is 0 Å². The van der Waals surface area contributed by atoms with Gasteiger partial charge in [0, 0.05) is 12.6 Å². The molecule has 1 aromatic carbocycles. The third-order valence-electron chi connectivity index (χ3n) is 3.20. The lowest BCUT2D eigenvalue weighted by Crippen LogP contribution is -2.33. The summed E-state index contributed by atoms with van der Waals surface area (Å²) in [4.78, 5) is 11.5. The van der Waals surface area contributed by atoms with Crippen molar-refractivity contribution in [3.63, 3.8) is 0 Å². The van der Waals surface area contributed by atoms with Gasteiger partial charge in [-0.3, -0.25) is 0 Å². The van der Waals surface area contributed by atoms with Crippen LogP contribution >= 0.6 is 0 Å². The van der Waals surface area contributed by atoms with Crippen LogP contribution in [0.1, 0.15) is 45.2 Å². The smallest absolute Gasteiger partial charge is 0.407 e. The molecule has 3 N–H and O–H groups in total. The van der Waals surface area contributed by atoms with Crippen molar-refractivity contribution in [2.24, 2.45) is 5.73 Å². The molecule has 0 aliphatic heterocycles. The molecule has 0 saturated carbocycles. The first-order valence-electron chi connectivity index (χ1n) is 7.71. The number of nitrogens with one attached hydrogen (secondary N) is 1. The maximum absolute atomic E-state index is 11.5. The summed E-state index contributed by atoms with van der Waals surface area (Å²) in [6.45, 7) is 6.02. The van der Waals surface area contributed by atoms with Gasteiger partial charge in [-0.25, -0.2) is 4.79 Å². The summed E-state index contributed by atoms with van der Waals surface area (Å²) in [5.41, 5.74) is 6.67. The van der Waals surface area contributed by atoms with Crippen LogP contribution in [0.2, 0.25) is 0 Å². The molecular weight excluding hydrogens is 296 g/mol. The van der Waals surface area contributed by atoms with Crippen molar-refractivity contribution in [1.29, 1.82) is 0 Å². The van der Waals surface area contributed by atoms with Crippen LogP contribution in [0.4, 0.5) is 4.79 Å². The second-order valence-corrected chi connectivity index (χ2v) is 6.29. The van der Waals surface area contributed by atoms with Gasteiger partial charge < -0.3 is 25.3 Å². The summed E-state index contributed by atoms with van der Waals surface area (Å²) in [7, 11) is 3.19. The van der Waals surface area contributed by atoms with E-state index < -0.39 is 11.7 Å². The predicted molar refractivity (Wildman–Crippen MR) is 89.9 cm³/mol. The van der Waals surface area contributed by atoms with E-state index in [2.05, 4.69) is 5.32 Å².